The third-order valence-electron chi connectivity index (χ3n) is 5.46. The number of aliphatic hydroxyl groups is 1. The van der Waals surface area contributed by atoms with Crippen LogP contribution in [0.2, 0.25) is 0 Å². The molecule has 0 unspecified atom stereocenters. The van der Waals surface area contributed by atoms with Crippen LogP contribution in [0.25, 0.3) is 0 Å². The van der Waals surface area contributed by atoms with E-state index in [-0.39, 0.29) is 12.5 Å². The standard InChI is InChI=1S/C17H25N5O3S/c1-13-4-5-14(10-18)16(19-13)21-8-6-17(23)7-9-22(12-15(17)11-21)26(24,25)20(2)3/h4-5,15,23H,6-9,11-12H2,1-3H3/t15-,17-/m0/s1. The maximum atomic E-state index is 12.5. The van der Waals surface area contributed by atoms with Gasteiger partial charge in [-0.15, -0.1) is 0 Å². The van der Waals surface area contributed by atoms with E-state index in [0.717, 1.165) is 5.69 Å². The highest BCUT2D eigenvalue weighted by Crippen LogP contribution is 2.38. The lowest BCUT2D eigenvalue weighted by Crippen LogP contribution is -2.61. The minimum Gasteiger partial charge on any atom is -0.389 e. The SMILES string of the molecule is Cc1ccc(C#N)c(N2CC[C@]3(O)CCN(S(=O)(=O)N(C)C)C[C@@H]3C2)n1. The zero-order chi connectivity index (χ0) is 19.1. The van der Waals surface area contributed by atoms with Crippen LogP contribution in [0, 0.1) is 24.2 Å². The number of nitriles is 1. The van der Waals surface area contributed by atoms with Gasteiger partial charge in [-0.2, -0.15) is 22.3 Å². The molecule has 0 radical (unpaired) electrons. The zero-order valence-electron chi connectivity index (χ0n) is 15.4. The van der Waals surface area contributed by atoms with Gasteiger partial charge >= 0.3 is 0 Å². The first kappa shape index (κ1) is 19.0. The van der Waals surface area contributed by atoms with Gasteiger partial charge < -0.3 is 10.0 Å². The van der Waals surface area contributed by atoms with E-state index in [4.69, 9.17) is 0 Å². The summed E-state index contributed by atoms with van der Waals surface area (Å²) >= 11 is 0. The molecule has 26 heavy (non-hydrogen) atoms. The summed E-state index contributed by atoms with van der Waals surface area (Å²) < 4.78 is 27.6. The van der Waals surface area contributed by atoms with E-state index in [1.54, 1.807) is 12.1 Å². The van der Waals surface area contributed by atoms with E-state index in [0.29, 0.717) is 43.9 Å². The Morgan fingerprint density at radius 2 is 2.00 bits per heavy atom. The van der Waals surface area contributed by atoms with E-state index in [1.807, 2.05) is 11.8 Å². The molecule has 0 aromatic carbocycles. The van der Waals surface area contributed by atoms with Crippen LogP contribution in [0.15, 0.2) is 12.1 Å². The molecule has 1 aromatic heterocycles. The maximum Gasteiger partial charge on any atom is 0.281 e. The molecule has 2 atom stereocenters. The van der Waals surface area contributed by atoms with E-state index >= 15 is 0 Å². The molecule has 0 aliphatic carbocycles. The number of pyridine rings is 1. The quantitative estimate of drug-likeness (QED) is 0.812. The van der Waals surface area contributed by atoms with Crippen molar-refractivity contribution in [1.82, 2.24) is 13.6 Å². The van der Waals surface area contributed by atoms with Crippen molar-refractivity contribution in [2.45, 2.75) is 25.4 Å². The highest BCUT2D eigenvalue weighted by molar-refractivity contribution is 7.86. The van der Waals surface area contributed by atoms with E-state index < -0.39 is 15.8 Å². The Morgan fingerprint density at radius 3 is 2.65 bits per heavy atom. The normalized spacial score (nSPS) is 27.2. The summed E-state index contributed by atoms with van der Waals surface area (Å²) in [5, 5.41) is 20.4. The molecule has 0 amide bonds. The summed E-state index contributed by atoms with van der Waals surface area (Å²) in [6.07, 6.45) is 0.957. The molecule has 8 nitrogen and oxygen atoms in total. The Hall–Kier alpha value is -1.73. The highest BCUT2D eigenvalue weighted by Gasteiger charge is 2.48. The van der Waals surface area contributed by atoms with Crippen molar-refractivity contribution in [2.75, 3.05) is 45.2 Å². The number of rotatable bonds is 3. The summed E-state index contributed by atoms with van der Waals surface area (Å²) in [4.78, 5) is 6.50. The van der Waals surface area contributed by atoms with Crippen molar-refractivity contribution in [3.8, 4) is 6.07 Å². The van der Waals surface area contributed by atoms with Gasteiger partial charge in [0.25, 0.3) is 10.2 Å². The molecule has 3 rings (SSSR count). The Kier molecular flexibility index (Phi) is 4.96. The maximum absolute atomic E-state index is 12.5. The van der Waals surface area contributed by atoms with Crippen LogP contribution in [0.1, 0.15) is 24.1 Å². The molecule has 0 saturated carbocycles. The number of aromatic nitrogens is 1. The van der Waals surface area contributed by atoms with E-state index in [9.17, 15) is 18.8 Å². The first-order valence-electron chi connectivity index (χ1n) is 8.70. The minimum atomic E-state index is -3.51. The topological polar surface area (TPSA) is 101 Å². The van der Waals surface area contributed by atoms with Crippen molar-refractivity contribution in [2.24, 2.45) is 5.92 Å². The van der Waals surface area contributed by atoms with Gasteiger partial charge in [-0.05, 0) is 31.9 Å². The van der Waals surface area contributed by atoms with Crippen molar-refractivity contribution < 1.29 is 13.5 Å². The number of anilines is 1. The molecule has 2 saturated heterocycles. The summed E-state index contributed by atoms with van der Waals surface area (Å²) in [5.41, 5.74) is 0.445. The van der Waals surface area contributed by atoms with Crippen molar-refractivity contribution >= 4 is 16.0 Å². The van der Waals surface area contributed by atoms with Crippen LogP contribution in [0.3, 0.4) is 0 Å². The van der Waals surface area contributed by atoms with Gasteiger partial charge in [0, 0.05) is 51.9 Å². The lowest BCUT2D eigenvalue weighted by molar-refractivity contribution is -0.0695. The average Bonchev–Trinajstić information content (AvgIpc) is 2.60. The zero-order valence-corrected chi connectivity index (χ0v) is 16.2. The Morgan fingerprint density at radius 1 is 1.31 bits per heavy atom. The number of hydrogen-bond donors (Lipinski definition) is 1. The van der Waals surface area contributed by atoms with Gasteiger partial charge in [-0.25, -0.2) is 4.98 Å². The van der Waals surface area contributed by atoms with Crippen molar-refractivity contribution in [1.29, 1.82) is 5.26 Å². The van der Waals surface area contributed by atoms with Crippen LogP contribution in [-0.2, 0) is 10.2 Å². The van der Waals surface area contributed by atoms with Gasteiger partial charge in [0.15, 0.2) is 0 Å². The Balaban J connectivity index is 1.85. The second kappa shape index (κ2) is 6.78. The monoisotopic (exact) mass is 379 g/mol. The average molecular weight is 379 g/mol. The number of hydrogen-bond acceptors (Lipinski definition) is 6. The first-order chi connectivity index (χ1) is 12.2. The molecule has 142 valence electrons. The van der Waals surface area contributed by atoms with Gasteiger partial charge in [-0.1, -0.05) is 0 Å². The number of aryl methyl sites for hydroxylation is 1. The lowest BCUT2D eigenvalue weighted by atomic mass is 9.76. The second-order valence-electron chi connectivity index (χ2n) is 7.33. The van der Waals surface area contributed by atoms with Crippen LogP contribution in [-0.4, -0.2) is 73.0 Å². The molecule has 1 N–H and O–H groups in total. The molecular weight excluding hydrogens is 354 g/mol. The Labute approximate surface area is 154 Å². The fraction of sp³-hybridized carbons (Fsp3) is 0.647. The van der Waals surface area contributed by atoms with Gasteiger partial charge in [0.1, 0.15) is 11.9 Å². The van der Waals surface area contributed by atoms with Gasteiger partial charge in [0.2, 0.25) is 0 Å². The van der Waals surface area contributed by atoms with Crippen LogP contribution < -0.4 is 4.90 Å². The molecule has 3 heterocycles. The molecule has 1 aromatic rings. The predicted octanol–water partition coefficient (Wildman–Crippen LogP) is 0.331. The highest BCUT2D eigenvalue weighted by atomic mass is 32.2. The van der Waals surface area contributed by atoms with Crippen LogP contribution in [0.5, 0.6) is 0 Å². The number of fused-ring (bicyclic) bond motifs is 1. The minimum absolute atomic E-state index is 0.228. The third kappa shape index (κ3) is 3.30. The largest absolute Gasteiger partial charge is 0.389 e. The summed E-state index contributed by atoms with van der Waals surface area (Å²) in [5.74, 6) is 0.385. The summed E-state index contributed by atoms with van der Waals surface area (Å²) in [7, 11) is -0.484. The van der Waals surface area contributed by atoms with E-state index in [2.05, 4.69) is 11.1 Å². The lowest BCUT2D eigenvalue weighted by Gasteiger charge is -2.50. The van der Waals surface area contributed by atoms with Gasteiger partial charge in [-0.3, -0.25) is 0 Å². The van der Waals surface area contributed by atoms with Crippen LogP contribution in [0.4, 0.5) is 5.82 Å². The second-order valence-corrected chi connectivity index (χ2v) is 9.47. The number of piperidine rings is 2. The van der Waals surface area contributed by atoms with E-state index in [1.165, 1.54) is 22.7 Å². The molecule has 2 aliphatic rings. The molecule has 2 aliphatic heterocycles. The summed E-state index contributed by atoms with van der Waals surface area (Å²) in [6.45, 7) is 3.53. The third-order valence-corrected chi connectivity index (χ3v) is 7.36. The predicted molar refractivity (Wildman–Crippen MR) is 97.8 cm³/mol. The molecule has 9 heteroatoms. The molecule has 0 spiro atoms. The van der Waals surface area contributed by atoms with Crippen molar-refractivity contribution in [3.63, 3.8) is 0 Å². The number of nitrogens with zero attached hydrogens (tertiary/aromatic N) is 5. The van der Waals surface area contributed by atoms with Crippen molar-refractivity contribution in [3.05, 3.63) is 23.4 Å². The first-order valence-corrected chi connectivity index (χ1v) is 10.1. The smallest absolute Gasteiger partial charge is 0.281 e. The van der Waals surface area contributed by atoms with Crippen LogP contribution >= 0.6 is 0 Å². The fourth-order valence-corrected chi connectivity index (χ4v) is 4.93. The molecule has 0 bridgehead atoms. The molecular formula is C17H25N5O3S. The summed E-state index contributed by atoms with van der Waals surface area (Å²) in [6, 6.07) is 5.72. The fourth-order valence-electron chi connectivity index (χ4n) is 3.78. The molecule has 2 fully saturated rings. The van der Waals surface area contributed by atoms with Gasteiger partial charge in [0.05, 0.1) is 11.2 Å². The Bertz CT molecular complexity index is 835.